The maximum atomic E-state index is 9.30. The van der Waals surface area contributed by atoms with Crippen LogP contribution in [0.1, 0.15) is 31.0 Å². The molecule has 2 heterocycles. The number of piperidine rings is 1. The number of methoxy groups -OCH3 is 1. The van der Waals surface area contributed by atoms with Crippen LogP contribution in [-0.2, 0) is 17.9 Å². The van der Waals surface area contributed by atoms with Crippen molar-refractivity contribution >= 4 is 0 Å². The van der Waals surface area contributed by atoms with Gasteiger partial charge in [0.2, 0.25) is 0 Å². The minimum atomic E-state index is 0.197. The standard InChI is InChI=1S/C11H19N3O3/c1-16-8-11-12-10(13-17-11)6-14-5-3-2-4-9(14)7-15/h9,15H,2-8H2,1H3/t9-/m1/s1. The van der Waals surface area contributed by atoms with E-state index in [2.05, 4.69) is 15.0 Å². The molecule has 17 heavy (non-hydrogen) atoms. The number of aliphatic hydroxyl groups is 1. The summed E-state index contributed by atoms with van der Waals surface area (Å²) in [6.07, 6.45) is 3.39. The smallest absolute Gasteiger partial charge is 0.252 e. The number of ether oxygens (including phenoxy) is 1. The van der Waals surface area contributed by atoms with Gasteiger partial charge in [-0.15, -0.1) is 0 Å². The van der Waals surface area contributed by atoms with E-state index in [0.717, 1.165) is 13.0 Å². The molecule has 0 bridgehead atoms. The third kappa shape index (κ3) is 3.24. The van der Waals surface area contributed by atoms with Crippen LogP contribution >= 0.6 is 0 Å². The SMILES string of the molecule is COCc1nc(CN2CCCC[C@@H]2CO)no1. The van der Waals surface area contributed by atoms with Crippen LogP contribution in [0.25, 0.3) is 0 Å². The highest BCUT2D eigenvalue weighted by Gasteiger charge is 2.23. The molecule has 0 amide bonds. The molecule has 0 spiro atoms. The maximum Gasteiger partial charge on any atom is 0.252 e. The number of aliphatic hydroxyl groups excluding tert-OH is 1. The van der Waals surface area contributed by atoms with Crippen molar-refractivity contribution < 1.29 is 14.4 Å². The summed E-state index contributed by atoms with van der Waals surface area (Å²) in [7, 11) is 1.59. The van der Waals surface area contributed by atoms with E-state index in [0.29, 0.717) is 24.9 Å². The quantitative estimate of drug-likeness (QED) is 0.812. The van der Waals surface area contributed by atoms with Gasteiger partial charge in [0.25, 0.3) is 5.89 Å². The first-order valence-electron chi connectivity index (χ1n) is 5.98. The van der Waals surface area contributed by atoms with E-state index < -0.39 is 0 Å². The fraction of sp³-hybridized carbons (Fsp3) is 0.818. The van der Waals surface area contributed by atoms with Gasteiger partial charge in [0, 0.05) is 13.2 Å². The summed E-state index contributed by atoms with van der Waals surface area (Å²) in [4.78, 5) is 6.45. The minimum absolute atomic E-state index is 0.197. The number of likely N-dealkylation sites (tertiary alicyclic amines) is 1. The fourth-order valence-corrected chi connectivity index (χ4v) is 2.19. The van der Waals surface area contributed by atoms with Crippen molar-refractivity contribution in [2.45, 2.75) is 38.5 Å². The summed E-state index contributed by atoms with van der Waals surface area (Å²) >= 11 is 0. The van der Waals surface area contributed by atoms with Crippen LogP contribution in [0.4, 0.5) is 0 Å². The summed E-state index contributed by atoms with van der Waals surface area (Å²) in [5.41, 5.74) is 0. The molecule has 96 valence electrons. The molecular weight excluding hydrogens is 222 g/mol. The Morgan fingerprint density at radius 1 is 1.53 bits per heavy atom. The first-order chi connectivity index (χ1) is 8.33. The zero-order valence-corrected chi connectivity index (χ0v) is 10.1. The highest BCUT2D eigenvalue weighted by Crippen LogP contribution is 2.18. The van der Waals surface area contributed by atoms with E-state index in [9.17, 15) is 5.11 Å². The Bertz CT molecular complexity index is 342. The van der Waals surface area contributed by atoms with E-state index >= 15 is 0 Å². The highest BCUT2D eigenvalue weighted by molar-refractivity contribution is 4.88. The van der Waals surface area contributed by atoms with Crippen LogP contribution in [-0.4, -0.2) is 46.5 Å². The average molecular weight is 241 g/mol. The van der Waals surface area contributed by atoms with Gasteiger partial charge in [-0.25, -0.2) is 0 Å². The topological polar surface area (TPSA) is 71.6 Å². The Balaban J connectivity index is 1.93. The molecule has 1 aliphatic heterocycles. The lowest BCUT2D eigenvalue weighted by Gasteiger charge is -2.33. The van der Waals surface area contributed by atoms with Gasteiger partial charge in [-0.05, 0) is 19.4 Å². The lowest BCUT2D eigenvalue weighted by Crippen LogP contribution is -2.41. The summed E-state index contributed by atoms with van der Waals surface area (Å²) < 4.78 is 9.96. The predicted molar refractivity (Wildman–Crippen MR) is 60.1 cm³/mol. The molecule has 1 aromatic rings. The molecule has 6 nitrogen and oxygen atoms in total. The zero-order valence-electron chi connectivity index (χ0n) is 10.1. The molecule has 0 radical (unpaired) electrons. The highest BCUT2D eigenvalue weighted by atomic mass is 16.5. The molecule has 1 saturated heterocycles. The van der Waals surface area contributed by atoms with Crippen molar-refractivity contribution in [3.05, 3.63) is 11.7 Å². The molecule has 0 unspecified atom stereocenters. The third-order valence-corrected chi connectivity index (χ3v) is 3.08. The van der Waals surface area contributed by atoms with Crippen LogP contribution in [0.5, 0.6) is 0 Å². The molecule has 0 saturated carbocycles. The molecule has 1 aromatic heterocycles. The third-order valence-electron chi connectivity index (χ3n) is 3.08. The molecule has 1 atom stereocenters. The van der Waals surface area contributed by atoms with E-state index in [-0.39, 0.29) is 12.6 Å². The maximum absolute atomic E-state index is 9.30. The monoisotopic (exact) mass is 241 g/mol. The van der Waals surface area contributed by atoms with Crippen LogP contribution in [0, 0.1) is 0 Å². The van der Waals surface area contributed by atoms with E-state index in [1.54, 1.807) is 7.11 Å². The van der Waals surface area contributed by atoms with Crippen molar-refractivity contribution in [3.63, 3.8) is 0 Å². The van der Waals surface area contributed by atoms with Gasteiger partial charge in [-0.3, -0.25) is 4.90 Å². The van der Waals surface area contributed by atoms with Crippen molar-refractivity contribution in [3.8, 4) is 0 Å². The van der Waals surface area contributed by atoms with Crippen molar-refractivity contribution in [1.29, 1.82) is 0 Å². The van der Waals surface area contributed by atoms with Gasteiger partial charge in [0.1, 0.15) is 6.61 Å². The van der Waals surface area contributed by atoms with Gasteiger partial charge in [-0.1, -0.05) is 11.6 Å². The summed E-state index contributed by atoms with van der Waals surface area (Å²) in [6.45, 7) is 2.16. The number of hydrogen-bond acceptors (Lipinski definition) is 6. The Hall–Kier alpha value is -0.980. The minimum Gasteiger partial charge on any atom is -0.395 e. The first kappa shape index (κ1) is 12.5. The Morgan fingerprint density at radius 3 is 3.18 bits per heavy atom. The largest absolute Gasteiger partial charge is 0.395 e. The van der Waals surface area contributed by atoms with Crippen molar-refractivity contribution in [2.24, 2.45) is 0 Å². The lowest BCUT2D eigenvalue weighted by atomic mass is 10.0. The molecule has 6 heteroatoms. The van der Waals surface area contributed by atoms with Crippen LogP contribution < -0.4 is 0 Å². The van der Waals surface area contributed by atoms with Gasteiger partial charge in [0.05, 0.1) is 13.2 Å². The normalized spacial score (nSPS) is 21.9. The zero-order chi connectivity index (χ0) is 12.1. The Kier molecular flexibility index (Phi) is 4.47. The predicted octanol–water partition coefficient (Wildman–Crippen LogP) is 0.563. The van der Waals surface area contributed by atoms with Gasteiger partial charge in [0.15, 0.2) is 5.82 Å². The second-order valence-electron chi connectivity index (χ2n) is 4.34. The second kappa shape index (κ2) is 6.09. The van der Waals surface area contributed by atoms with E-state index in [1.165, 1.54) is 12.8 Å². The summed E-state index contributed by atoms with van der Waals surface area (Å²) in [6, 6.07) is 0.230. The van der Waals surface area contributed by atoms with Crippen molar-refractivity contribution in [1.82, 2.24) is 15.0 Å². The fourth-order valence-electron chi connectivity index (χ4n) is 2.19. The first-order valence-corrected chi connectivity index (χ1v) is 5.98. The summed E-state index contributed by atoms with van der Waals surface area (Å²) in [5.74, 6) is 1.16. The average Bonchev–Trinajstić information content (AvgIpc) is 2.78. The molecule has 2 rings (SSSR count). The number of aromatic nitrogens is 2. The van der Waals surface area contributed by atoms with Gasteiger partial charge >= 0.3 is 0 Å². The van der Waals surface area contributed by atoms with Crippen LogP contribution in [0.2, 0.25) is 0 Å². The Morgan fingerprint density at radius 2 is 2.41 bits per heavy atom. The molecule has 1 N–H and O–H groups in total. The number of nitrogens with zero attached hydrogens (tertiary/aromatic N) is 3. The molecule has 1 fully saturated rings. The van der Waals surface area contributed by atoms with Crippen molar-refractivity contribution in [2.75, 3.05) is 20.3 Å². The molecule has 0 aromatic carbocycles. The van der Waals surface area contributed by atoms with E-state index in [1.807, 2.05) is 0 Å². The number of hydrogen-bond donors (Lipinski definition) is 1. The summed E-state index contributed by atoms with van der Waals surface area (Å²) in [5, 5.41) is 13.2. The van der Waals surface area contributed by atoms with Crippen LogP contribution in [0.3, 0.4) is 0 Å². The molecular formula is C11H19N3O3. The van der Waals surface area contributed by atoms with E-state index in [4.69, 9.17) is 9.26 Å². The molecule has 0 aliphatic carbocycles. The van der Waals surface area contributed by atoms with Gasteiger partial charge < -0.3 is 14.4 Å². The second-order valence-corrected chi connectivity index (χ2v) is 4.34. The number of rotatable bonds is 5. The molecule has 1 aliphatic rings. The Labute approximate surface area is 101 Å². The van der Waals surface area contributed by atoms with Gasteiger partial charge in [-0.2, -0.15) is 4.98 Å². The lowest BCUT2D eigenvalue weighted by molar-refractivity contribution is 0.0812. The van der Waals surface area contributed by atoms with Crippen LogP contribution in [0.15, 0.2) is 4.52 Å².